The molecule has 3 aromatic rings. The Morgan fingerprint density at radius 2 is 1.47 bits per heavy atom. The molecule has 6 rings (SSSR count). The molecule has 174 valence electrons. The monoisotopic (exact) mass is 467 g/mol. The summed E-state index contributed by atoms with van der Waals surface area (Å²) in [5, 5.41) is 20.0. The van der Waals surface area contributed by atoms with Crippen molar-refractivity contribution in [1.29, 1.82) is 10.5 Å². The number of nitriles is 2. The fraction of sp³-hybridized carbons (Fsp3) is 0.219. The first-order chi connectivity index (χ1) is 17.7. The SMILES string of the molecule is N#CC(C#N)=C(C1CC1)[C@@H]1[C@H](c2ccccc2)[C@@H](C(=O)c2ccccc2)N2C=Cc3ccccc3[C@H]12. The fourth-order valence-electron chi connectivity index (χ4n) is 6.27. The molecule has 0 N–H and O–H groups in total. The Kier molecular flexibility index (Phi) is 5.51. The smallest absolute Gasteiger partial charge is 0.185 e. The molecule has 2 fully saturated rings. The number of nitrogens with zero attached hydrogens (tertiary/aromatic N) is 3. The second-order valence-corrected chi connectivity index (χ2v) is 9.80. The summed E-state index contributed by atoms with van der Waals surface area (Å²) in [6, 6.07) is 31.8. The van der Waals surface area contributed by atoms with E-state index >= 15 is 0 Å². The highest BCUT2D eigenvalue weighted by Crippen LogP contribution is 2.59. The number of benzene rings is 3. The van der Waals surface area contributed by atoms with Gasteiger partial charge in [-0.2, -0.15) is 10.5 Å². The fourth-order valence-corrected chi connectivity index (χ4v) is 6.27. The van der Waals surface area contributed by atoms with Crippen LogP contribution in [0.2, 0.25) is 0 Å². The van der Waals surface area contributed by atoms with Crippen LogP contribution in [0.3, 0.4) is 0 Å². The van der Waals surface area contributed by atoms with Crippen LogP contribution >= 0.6 is 0 Å². The van der Waals surface area contributed by atoms with Gasteiger partial charge in [0.15, 0.2) is 5.78 Å². The van der Waals surface area contributed by atoms with Crippen LogP contribution in [-0.4, -0.2) is 16.7 Å². The van der Waals surface area contributed by atoms with E-state index in [2.05, 4.69) is 53.6 Å². The van der Waals surface area contributed by atoms with E-state index in [1.54, 1.807) is 0 Å². The highest BCUT2D eigenvalue weighted by molar-refractivity contribution is 6.01. The van der Waals surface area contributed by atoms with E-state index < -0.39 is 6.04 Å². The third-order valence-corrected chi connectivity index (χ3v) is 7.85. The zero-order valence-electron chi connectivity index (χ0n) is 19.8. The van der Waals surface area contributed by atoms with Gasteiger partial charge in [0.2, 0.25) is 0 Å². The first kappa shape index (κ1) is 22.1. The summed E-state index contributed by atoms with van der Waals surface area (Å²) in [4.78, 5) is 16.4. The molecular formula is C32H25N3O. The Balaban J connectivity index is 1.63. The van der Waals surface area contributed by atoms with Gasteiger partial charge in [-0.15, -0.1) is 0 Å². The van der Waals surface area contributed by atoms with Crippen molar-refractivity contribution in [2.24, 2.45) is 11.8 Å². The molecular weight excluding hydrogens is 442 g/mol. The van der Waals surface area contributed by atoms with E-state index in [0.717, 1.165) is 35.1 Å². The molecule has 1 aliphatic carbocycles. The summed E-state index contributed by atoms with van der Waals surface area (Å²) in [5.41, 5.74) is 5.13. The molecule has 0 amide bonds. The van der Waals surface area contributed by atoms with Gasteiger partial charge in [0.1, 0.15) is 17.7 Å². The quantitative estimate of drug-likeness (QED) is 0.320. The number of allylic oxidation sites excluding steroid dienone is 1. The first-order valence-corrected chi connectivity index (χ1v) is 12.5. The van der Waals surface area contributed by atoms with Gasteiger partial charge < -0.3 is 4.90 Å². The summed E-state index contributed by atoms with van der Waals surface area (Å²) in [7, 11) is 0. The molecule has 0 bridgehead atoms. The van der Waals surface area contributed by atoms with Crippen LogP contribution in [0.4, 0.5) is 0 Å². The summed E-state index contributed by atoms with van der Waals surface area (Å²) in [6.45, 7) is 0. The Labute approximate surface area is 211 Å². The molecule has 0 radical (unpaired) electrons. The molecule has 1 saturated heterocycles. The number of carbonyl (C=O) groups excluding carboxylic acids is 1. The number of Topliss-reactive ketones (excluding diaryl/α,β-unsaturated/α-hetero) is 1. The minimum Gasteiger partial charge on any atom is -0.359 e. The van der Waals surface area contributed by atoms with Crippen molar-refractivity contribution in [2.45, 2.75) is 30.8 Å². The van der Waals surface area contributed by atoms with Gasteiger partial charge in [-0.3, -0.25) is 4.79 Å². The lowest BCUT2D eigenvalue weighted by atomic mass is 9.72. The molecule has 36 heavy (non-hydrogen) atoms. The van der Waals surface area contributed by atoms with Gasteiger partial charge in [-0.1, -0.05) is 84.9 Å². The van der Waals surface area contributed by atoms with Crippen molar-refractivity contribution in [3.8, 4) is 12.1 Å². The highest BCUT2D eigenvalue weighted by Gasteiger charge is 2.56. The number of hydrogen-bond acceptors (Lipinski definition) is 4. The van der Waals surface area contributed by atoms with E-state index in [1.165, 1.54) is 0 Å². The molecule has 3 aliphatic rings. The predicted octanol–water partition coefficient (Wildman–Crippen LogP) is 6.43. The number of fused-ring (bicyclic) bond motifs is 3. The molecule has 3 aromatic carbocycles. The summed E-state index contributed by atoms with van der Waals surface area (Å²) >= 11 is 0. The van der Waals surface area contributed by atoms with Crippen molar-refractivity contribution in [2.75, 3.05) is 0 Å². The van der Waals surface area contributed by atoms with E-state index in [0.29, 0.717) is 5.56 Å². The third-order valence-electron chi connectivity index (χ3n) is 7.85. The van der Waals surface area contributed by atoms with Crippen molar-refractivity contribution in [1.82, 2.24) is 4.90 Å². The van der Waals surface area contributed by atoms with E-state index in [1.807, 2.05) is 60.7 Å². The number of hydrogen-bond donors (Lipinski definition) is 0. The van der Waals surface area contributed by atoms with Gasteiger partial charge in [0.25, 0.3) is 0 Å². The largest absolute Gasteiger partial charge is 0.359 e. The van der Waals surface area contributed by atoms with Crippen molar-refractivity contribution in [3.05, 3.63) is 125 Å². The minimum absolute atomic E-state index is 0.0617. The standard InChI is InChI=1S/C32H25N3O/c33-19-25(20-34)27(23-15-16-23)29-28(22-10-3-1-4-11-22)31(32(36)24-12-5-2-6-13-24)35-18-17-21-9-7-8-14-26(21)30(29)35/h1-14,17-18,23,28-31H,15-16H2/t28-,29+,30+,31-/m0/s1. The molecule has 0 spiro atoms. The van der Waals surface area contributed by atoms with Crippen molar-refractivity contribution in [3.63, 3.8) is 0 Å². The lowest BCUT2D eigenvalue weighted by molar-refractivity contribution is 0.0874. The van der Waals surface area contributed by atoms with Crippen LogP contribution < -0.4 is 0 Å². The highest BCUT2D eigenvalue weighted by atomic mass is 16.1. The molecule has 2 aliphatic heterocycles. The maximum absolute atomic E-state index is 14.2. The maximum atomic E-state index is 14.2. The summed E-state index contributed by atoms with van der Waals surface area (Å²) < 4.78 is 0. The summed E-state index contributed by atoms with van der Waals surface area (Å²) in [5.74, 6) is -0.0995. The Morgan fingerprint density at radius 3 is 2.14 bits per heavy atom. The zero-order chi connectivity index (χ0) is 24.6. The van der Waals surface area contributed by atoms with Crippen LogP contribution in [0.1, 0.15) is 51.8 Å². The maximum Gasteiger partial charge on any atom is 0.185 e. The molecule has 4 atom stereocenters. The first-order valence-electron chi connectivity index (χ1n) is 12.5. The van der Waals surface area contributed by atoms with E-state index in [4.69, 9.17) is 0 Å². The van der Waals surface area contributed by atoms with Gasteiger partial charge in [-0.05, 0) is 47.1 Å². The van der Waals surface area contributed by atoms with Gasteiger partial charge in [0.05, 0.1) is 12.1 Å². The molecule has 4 nitrogen and oxygen atoms in total. The zero-order valence-corrected chi connectivity index (χ0v) is 19.8. The Hall–Kier alpha value is -4.41. The lowest BCUT2D eigenvalue weighted by Crippen LogP contribution is -2.37. The van der Waals surface area contributed by atoms with Crippen LogP contribution in [0, 0.1) is 34.5 Å². The molecule has 4 heteroatoms. The van der Waals surface area contributed by atoms with E-state index in [9.17, 15) is 15.3 Å². The van der Waals surface area contributed by atoms with Gasteiger partial charge in [0, 0.05) is 23.6 Å². The second kappa shape index (κ2) is 8.99. The summed E-state index contributed by atoms with van der Waals surface area (Å²) in [6.07, 6.45) is 6.08. The van der Waals surface area contributed by atoms with Crippen molar-refractivity contribution >= 4 is 11.9 Å². The van der Waals surface area contributed by atoms with Crippen LogP contribution in [0.25, 0.3) is 6.08 Å². The average Bonchev–Trinajstić information content (AvgIpc) is 3.72. The average molecular weight is 468 g/mol. The Morgan fingerprint density at radius 1 is 0.833 bits per heavy atom. The molecule has 0 unspecified atom stereocenters. The third kappa shape index (κ3) is 3.55. The number of carbonyl (C=O) groups is 1. The molecule has 0 aromatic heterocycles. The molecule has 2 heterocycles. The number of ketones is 1. The second-order valence-electron chi connectivity index (χ2n) is 9.80. The normalized spacial score (nSPS) is 23.7. The van der Waals surface area contributed by atoms with Gasteiger partial charge >= 0.3 is 0 Å². The van der Waals surface area contributed by atoms with E-state index in [-0.39, 0.29) is 35.2 Å². The van der Waals surface area contributed by atoms with Crippen LogP contribution in [0.5, 0.6) is 0 Å². The van der Waals surface area contributed by atoms with Crippen molar-refractivity contribution < 1.29 is 4.79 Å². The Bertz CT molecular complexity index is 1440. The lowest BCUT2D eigenvalue weighted by Gasteiger charge is -2.35. The van der Waals surface area contributed by atoms with Gasteiger partial charge in [-0.25, -0.2) is 0 Å². The predicted molar refractivity (Wildman–Crippen MR) is 138 cm³/mol. The molecule has 1 saturated carbocycles. The topological polar surface area (TPSA) is 67.9 Å². The minimum atomic E-state index is -0.457. The van der Waals surface area contributed by atoms with Crippen LogP contribution in [-0.2, 0) is 0 Å². The van der Waals surface area contributed by atoms with Crippen LogP contribution in [0.15, 0.2) is 102 Å². The number of rotatable bonds is 5.